The molecule has 0 radical (unpaired) electrons. The van der Waals surface area contributed by atoms with Crippen LogP contribution in [0.4, 0.5) is 10.8 Å². The van der Waals surface area contributed by atoms with Crippen LogP contribution in [0.15, 0.2) is 51.7 Å². The molecule has 0 saturated heterocycles. The SMILES string of the molecule is COc1ccc(S(=O)(=O)N2C[C@H](C(=O)Nc3nnc(SC)s3)Oc3cc(C)ccc32)cc1. The Bertz CT molecular complexity index is 1240. The molecule has 0 bridgehead atoms. The van der Waals surface area contributed by atoms with Crippen LogP contribution < -0.4 is 19.1 Å². The highest BCUT2D eigenvalue weighted by Gasteiger charge is 2.38. The lowest BCUT2D eigenvalue weighted by atomic mass is 10.1. The Morgan fingerprint density at radius 2 is 2.00 bits per heavy atom. The summed E-state index contributed by atoms with van der Waals surface area (Å²) in [4.78, 5) is 13.0. The van der Waals surface area contributed by atoms with E-state index in [-0.39, 0.29) is 11.4 Å². The maximum Gasteiger partial charge on any atom is 0.269 e. The van der Waals surface area contributed by atoms with Crippen molar-refractivity contribution in [2.45, 2.75) is 22.3 Å². The average Bonchev–Trinajstić information content (AvgIpc) is 3.25. The van der Waals surface area contributed by atoms with Crippen molar-refractivity contribution in [2.75, 3.05) is 29.5 Å². The Hall–Kier alpha value is -2.83. The van der Waals surface area contributed by atoms with Crippen LogP contribution in [0, 0.1) is 6.92 Å². The number of nitrogens with zero attached hydrogens (tertiary/aromatic N) is 3. The Balaban J connectivity index is 1.67. The van der Waals surface area contributed by atoms with Crippen molar-refractivity contribution >= 4 is 49.8 Å². The molecule has 168 valence electrons. The molecule has 0 spiro atoms. The van der Waals surface area contributed by atoms with Crippen LogP contribution in [0.5, 0.6) is 11.5 Å². The van der Waals surface area contributed by atoms with Crippen molar-refractivity contribution in [3.8, 4) is 11.5 Å². The molecule has 12 heteroatoms. The molecule has 9 nitrogen and oxygen atoms in total. The first-order chi connectivity index (χ1) is 15.3. The van der Waals surface area contributed by atoms with Gasteiger partial charge in [0.15, 0.2) is 10.4 Å². The van der Waals surface area contributed by atoms with E-state index in [2.05, 4.69) is 15.5 Å². The number of carbonyl (C=O) groups excluding carboxylic acids is 1. The van der Waals surface area contributed by atoms with Gasteiger partial charge < -0.3 is 9.47 Å². The predicted octanol–water partition coefficient (Wildman–Crippen LogP) is 3.17. The summed E-state index contributed by atoms with van der Waals surface area (Å²) >= 11 is 2.64. The average molecular weight is 493 g/mol. The first-order valence-electron chi connectivity index (χ1n) is 9.44. The van der Waals surface area contributed by atoms with Gasteiger partial charge >= 0.3 is 0 Å². The van der Waals surface area contributed by atoms with Crippen molar-refractivity contribution in [1.82, 2.24) is 10.2 Å². The number of rotatable bonds is 6. The summed E-state index contributed by atoms with van der Waals surface area (Å²) in [5.74, 6) is 0.354. The molecule has 2 aromatic carbocycles. The van der Waals surface area contributed by atoms with Crippen LogP contribution in [0.3, 0.4) is 0 Å². The van der Waals surface area contributed by atoms with E-state index in [9.17, 15) is 13.2 Å². The van der Waals surface area contributed by atoms with Gasteiger partial charge in [0.25, 0.3) is 15.9 Å². The first-order valence-corrected chi connectivity index (χ1v) is 12.9. The fourth-order valence-corrected chi connectivity index (χ4v) is 5.78. The Morgan fingerprint density at radius 3 is 2.66 bits per heavy atom. The third-order valence-electron chi connectivity index (χ3n) is 4.74. The quantitative estimate of drug-likeness (QED) is 0.413. The first kappa shape index (κ1) is 22.4. The molecule has 1 aliphatic heterocycles. The summed E-state index contributed by atoms with van der Waals surface area (Å²) in [5.41, 5.74) is 1.25. The second-order valence-corrected chi connectivity index (χ2v) is 10.7. The summed E-state index contributed by atoms with van der Waals surface area (Å²) in [6.07, 6.45) is 0.788. The van der Waals surface area contributed by atoms with Crippen LogP contribution >= 0.6 is 23.1 Å². The topological polar surface area (TPSA) is 111 Å². The summed E-state index contributed by atoms with van der Waals surface area (Å²) < 4.78 is 39.9. The normalized spacial score (nSPS) is 15.6. The maximum absolute atomic E-state index is 13.5. The number of nitrogens with one attached hydrogen (secondary N) is 1. The minimum absolute atomic E-state index is 0.0830. The molecule has 0 unspecified atom stereocenters. The predicted molar refractivity (Wildman–Crippen MR) is 123 cm³/mol. The molecule has 1 aromatic heterocycles. The number of hydrogen-bond acceptors (Lipinski definition) is 9. The van der Waals surface area contributed by atoms with E-state index in [0.717, 1.165) is 5.56 Å². The fraction of sp³-hybridized carbons (Fsp3) is 0.250. The van der Waals surface area contributed by atoms with Crippen molar-refractivity contribution in [3.63, 3.8) is 0 Å². The van der Waals surface area contributed by atoms with E-state index < -0.39 is 22.0 Å². The Kier molecular flexibility index (Phi) is 6.26. The van der Waals surface area contributed by atoms with Gasteiger partial charge in [-0.25, -0.2) is 8.42 Å². The maximum atomic E-state index is 13.5. The third kappa shape index (κ3) is 4.38. The second-order valence-electron chi connectivity index (χ2n) is 6.86. The van der Waals surface area contributed by atoms with Gasteiger partial charge in [0.05, 0.1) is 24.2 Å². The number of fused-ring (bicyclic) bond motifs is 1. The van der Waals surface area contributed by atoms with Crippen LogP contribution in [-0.4, -0.2) is 50.5 Å². The molecule has 4 rings (SSSR count). The number of sulfonamides is 1. The summed E-state index contributed by atoms with van der Waals surface area (Å²) in [7, 11) is -2.46. The molecule has 0 fully saturated rings. The van der Waals surface area contributed by atoms with E-state index in [1.165, 1.54) is 46.6 Å². The fourth-order valence-electron chi connectivity index (χ4n) is 3.13. The van der Waals surface area contributed by atoms with E-state index in [0.29, 0.717) is 26.7 Å². The number of amides is 1. The minimum atomic E-state index is -3.96. The highest BCUT2D eigenvalue weighted by Crippen LogP contribution is 2.38. The number of aryl methyl sites for hydroxylation is 1. The molecule has 1 aliphatic rings. The lowest BCUT2D eigenvalue weighted by molar-refractivity contribution is -0.122. The Labute approximate surface area is 193 Å². The molecule has 32 heavy (non-hydrogen) atoms. The van der Waals surface area contributed by atoms with Crippen molar-refractivity contribution in [3.05, 3.63) is 48.0 Å². The van der Waals surface area contributed by atoms with Gasteiger partial charge in [-0.3, -0.25) is 14.4 Å². The number of thioether (sulfide) groups is 1. The van der Waals surface area contributed by atoms with Crippen LogP contribution in [0.1, 0.15) is 5.56 Å². The number of ether oxygens (including phenoxy) is 2. The van der Waals surface area contributed by atoms with Crippen LogP contribution in [0.2, 0.25) is 0 Å². The summed E-state index contributed by atoms with van der Waals surface area (Å²) in [6, 6.07) is 11.3. The van der Waals surface area contributed by atoms with Gasteiger partial charge in [-0.15, -0.1) is 10.2 Å². The zero-order valence-corrected chi connectivity index (χ0v) is 19.9. The lowest BCUT2D eigenvalue weighted by Crippen LogP contribution is -2.48. The monoisotopic (exact) mass is 492 g/mol. The smallest absolute Gasteiger partial charge is 0.269 e. The Morgan fingerprint density at radius 1 is 1.25 bits per heavy atom. The molecule has 3 aromatic rings. The molecule has 1 amide bonds. The zero-order valence-electron chi connectivity index (χ0n) is 17.4. The van der Waals surface area contributed by atoms with E-state index in [1.807, 2.05) is 13.2 Å². The molecular weight excluding hydrogens is 472 g/mol. The number of carbonyl (C=O) groups is 1. The van der Waals surface area contributed by atoms with Crippen molar-refractivity contribution in [1.29, 1.82) is 0 Å². The standard InChI is InChI=1S/C20H20N4O5S3/c1-12-4-9-15-16(10-12)29-17(18(25)21-19-22-23-20(30-3)31-19)11-24(15)32(26,27)14-7-5-13(28-2)6-8-14/h4-10,17H,11H2,1-3H3,(H,21,22,25)/t17-/m1/s1. The van der Waals surface area contributed by atoms with Gasteiger partial charge in [-0.1, -0.05) is 29.2 Å². The number of methoxy groups -OCH3 is 1. The van der Waals surface area contributed by atoms with Gasteiger partial charge in [-0.2, -0.15) is 0 Å². The van der Waals surface area contributed by atoms with Gasteiger partial charge in [0.2, 0.25) is 5.13 Å². The van der Waals surface area contributed by atoms with E-state index in [1.54, 1.807) is 30.3 Å². The number of hydrogen-bond donors (Lipinski definition) is 1. The van der Waals surface area contributed by atoms with E-state index >= 15 is 0 Å². The van der Waals surface area contributed by atoms with Crippen molar-refractivity contribution < 1.29 is 22.7 Å². The number of anilines is 2. The molecular formula is C20H20N4O5S3. The molecule has 0 saturated carbocycles. The minimum Gasteiger partial charge on any atom is -0.497 e. The summed E-state index contributed by atoms with van der Waals surface area (Å²) in [5, 5.41) is 10.9. The number of aromatic nitrogens is 2. The molecule has 2 heterocycles. The van der Waals surface area contributed by atoms with Gasteiger partial charge in [0.1, 0.15) is 11.5 Å². The molecule has 1 atom stereocenters. The molecule has 1 N–H and O–H groups in total. The zero-order chi connectivity index (χ0) is 22.9. The highest BCUT2D eigenvalue weighted by atomic mass is 32.2. The van der Waals surface area contributed by atoms with Crippen molar-refractivity contribution in [2.24, 2.45) is 0 Å². The molecule has 0 aliphatic carbocycles. The summed E-state index contributed by atoms with van der Waals surface area (Å²) in [6.45, 7) is 1.67. The van der Waals surface area contributed by atoms with Gasteiger partial charge in [0, 0.05) is 0 Å². The lowest BCUT2D eigenvalue weighted by Gasteiger charge is -2.34. The largest absolute Gasteiger partial charge is 0.497 e. The van der Waals surface area contributed by atoms with Crippen LogP contribution in [-0.2, 0) is 14.8 Å². The third-order valence-corrected chi connectivity index (χ3v) is 8.34. The van der Waals surface area contributed by atoms with Gasteiger partial charge in [-0.05, 0) is 55.1 Å². The highest BCUT2D eigenvalue weighted by molar-refractivity contribution is 8.00. The number of benzene rings is 2. The van der Waals surface area contributed by atoms with E-state index in [4.69, 9.17) is 9.47 Å². The van der Waals surface area contributed by atoms with Crippen LogP contribution in [0.25, 0.3) is 0 Å². The second kappa shape index (κ2) is 8.96.